The zero-order valence-electron chi connectivity index (χ0n) is 25.3. The van der Waals surface area contributed by atoms with Crippen LogP contribution in [0.2, 0.25) is 0 Å². The zero-order valence-corrected chi connectivity index (χ0v) is 26.1. The number of carbonyl (C=O) groups excluding carboxylic acids is 1. The highest BCUT2D eigenvalue weighted by molar-refractivity contribution is 8.00. The Morgan fingerprint density at radius 1 is 0.909 bits per heavy atom. The van der Waals surface area contributed by atoms with Crippen LogP contribution in [0.1, 0.15) is 34.7 Å². The highest BCUT2D eigenvalue weighted by Crippen LogP contribution is 2.42. The normalized spacial score (nSPS) is 14.5. The Morgan fingerprint density at radius 2 is 1.70 bits per heavy atom. The maximum Gasteiger partial charge on any atom is 0.253 e. The standard InChI is InChI=1S/C36H35N3O4S/c1-24-9-7-10-25(19-24)21-38-22-34(28-11-5-6-13-31(28)38)44-23-35(40)39-32(29-12-8-14-33(42-3)36(29)43-4)20-30(37-39)26-15-17-27(41-2)18-16-26/h5-19,22,32H,20-21,23H2,1-4H3. The Bertz CT molecular complexity index is 1830. The molecule has 1 amide bonds. The number of para-hydroxylation sites is 2. The molecule has 1 atom stereocenters. The summed E-state index contributed by atoms with van der Waals surface area (Å²) in [4.78, 5) is 15.1. The van der Waals surface area contributed by atoms with E-state index >= 15 is 0 Å². The third-order valence-corrected chi connectivity index (χ3v) is 8.95. The van der Waals surface area contributed by atoms with E-state index in [0.717, 1.165) is 44.9 Å². The van der Waals surface area contributed by atoms with E-state index < -0.39 is 0 Å². The fraction of sp³-hybridized carbons (Fsp3) is 0.222. The van der Waals surface area contributed by atoms with Gasteiger partial charge in [-0.25, -0.2) is 5.01 Å². The fourth-order valence-electron chi connectivity index (χ4n) is 5.79. The van der Waals surface area contributed by atoms with Crippen LogP contribution >= 0.6 is 11.8 Å². The van der Waals surface area contributed by atoms with E-state index in [4.69, 9.17) is 19.3 Å². The summed E-state index contributed by atoms with van der Waals surface area (Å²) in [5.74, 6) is 2.15. The number of ether oxygens (including phenoxy) is 3. The Kier molecular flexibility index (Phi) is 8.61. The monoisotopic (exact) mass is 605 g/mol. The number of methoxy groups -OCH3 is 3. The number of thioether (sulfide) groups is 1. The molecule has 0 aliphatic carbocycles. The van der Waals surface area contributed by atoms with Crippen molar-refractivity contribution in [2.75, 3.05) is 27.1 Å². The average Bonchev–Trinajstić information content (AvgIpc) is 3.65. The van der Waals surface area contributed by atoms with E-state index in [1.165, 1.54) is 11.1 Å². The summed E-state index contributed by atoms with van der Waals surface area (Å²) in [7, 11) is 4.88. The molecular formula is C36H35N3O4S. The zero-order chi connectivity index (χ0) is 30.6. The first-order chi connectivity index (χ1) is 21.5. The minimum Gasteiger partial charge on any atom is -0.497 e. The predicted octanol–water partition coefficient (Wildman–Crippen LogP) is 7.49. The molecule has 0 fully saturated rings. The number of hydrogen-bond acceptors (Lipinski definition) is 6. The SMILES string of the molecule is COc1ccc(C2=NN(C(=O)CSc3cn(Cc4cccc(C)c4)c4ccccc34)C(c3cccc(OC)c3OC)C2)cc1. The summed E-state index contributed by atoms with van der Waals surface area (Å²) in [5, 5.41) is 7.64. The molecule has 0 N–H and O–H groups in total. The predicted molar refractivity (Wildman–Crippen MR) is 176 cm³/mol. The molecule has 6 rings (SSSR count). The molecule has 4 aromatic carbocycles. The molecule has 1 aromatic heterocycles. The van der Waals surface area contributed by atoms with Gasteiger partial charge < -0.3 is 18.8 Å². The lowest BCUT2D eigenvalue weighted by atomic mass is 9.97. The van der Waals surface area contributed by atoms with E-state index in [-0.39, 0.29) is 17.7 Å². The average molecular weight is 606 g/mol. The minimum absolute atomic E-state index is 0.0797. The van der Waals surface area contributed by atoms with Gasteiger partial charge in [0.2, 0.25) is 0 Å². The van der Waals surface area contributed by atoms with Gasteiger partial charge in [0.05, 0.1) is 38.8 Å². The molecule has 0 spiro atoms. The van der Waals surface area contributed by atoms with Crippen LogP contribution < -0.4 is 14.2 Å². The van der Waals surface area contributed by atoms with Crippen LogP contribution in [0.25, 0.3) is 10.9 Å². The van der Waals surface area contributed by atoms with Crippen molar-refractivity contribution in [1.29, 1.82) is 0 Å². The third-order valence-electron chi connectivity index (χ3n) is 7.92. The lowest BCUT2D eigenvalue weighted by molar-refractivity contribution is -0.130. The molecule has 1 aliphatic rings. The number of carbonyl (C=O) groups is 1. The molecule has 2 heterocycles. The molecule has 8 heteroatoms. The Hall–Kier alpha value is -4.69. The summed E-state index contributed by atoms with van der Waals surface area (Å²) in [6, 6.07) is 30.1. The smallest absolute Gasteiger partial charge is 0.253 e. The van der Waals surface area contributed by atoms with Crippen LogP contribution in [-0.4, -0.2) is 48.3 Å². The highest BCUT2D eigenvalue weighted by Gasteiger charge is 2.35. The molecule has 0 bridgehead atoms. The van der Waals surface area contributed by atoms with Crippen molar-refractivity contribution in [2.45, 2.75) is 30.8 Å². The van der Waals surface area contributed by atoms with Crippen molar-refractivity contribution in [1.82, 2.24) is 9.58 Å². The summed E-state index contributed by atoms with van der Waals surface area (Å²) in [6.45, 7) is 2.87. The van der Waals surface area contributed by atoms with Crippen molar-refractivity contribution < 1.29 is 19.0 Å². The molecular weight excluding hydrogens is 570 g/mol. The lowest BCUT2D eigenvalue weighted by Crippen LogP contribution is -2.28. The molecule has 7 nitrogen and oxygen atoms in total. The van der Waals surface area contributed by atoms with Crippen LogP contribution in [0.15, 0.2) is 107 Å². The Labute approximate surface area is 262 Å². The van der Waals surface area contributed by atoms with E-state index in [0.29, 0.717) is 17.9 Å². The lowest BCUT2D eigenvalue weighted by Gasteiger charge is -2.24. The highest BCUT2D eigenvalue weighted by atomic mass is 32.2. The number of benzene rings is 4. The van der Waals surface area contributed by atoms with Crippen LogP contribution in [0.5, 0.6) is 17.2 Å². The molecule has 5 aromatic rings. The fourth-order valence-corrected chi connectivity index (χ4v) is 6.73. The van der Waals surface area contributed by atoms with E-state index in [1.807, 2.05) is 48.5 Å². The van der Waals surface area contributed by atoms with Crippen molar-refractivity contribution in [3.8, 4) is 17.2 Å². The van der Waals surface area contributed by atoms with Gasteiger partial charge in [-0.05, 0) is 54.4 Å². The van der Waals surface area contributed by atoms with Crippen LogP contribution in [0.3, 0.4) is 0 Å². The van der Waals surface area contributed by atoms with Crippen molar-refractivity contribution >= 4 is 34.3 Å². The van der Waals surface area contributed by atoms with Crippen LogP contribution in [-0.2, 0) is 11.3 Å². The maximum atomic E-state index is 14.0. The van der Waals surface area contributed by atoms with Crippen molar-refractivity contribution in [3.63, 3.8) is 0 Å². The van der Waals surface area contributed by atoms with Gasteiger partial charge in [0, 0.05) is 40.5 Å². The second-order valence-corrected chi connectivity index (χ2v) is 11.7. The molecule has 0 radical (unpaired) electrons. The van der Waals surface area contributed by atoms with E-state index in [2.05, 4.69) is 60.2 Å². The first kappa shape index (κ1) is 29.4. The maximum absolute atomic E-state index is 14.0. The quantitative estimate of drug-likeness (QED) is 0.154. The third kappa shape index (κ3) is 5.90. The van der Waals surface area contributed by atoms with Gasteiger partial charge in [-0.1, -0.05) is 60.2 Å². The van der Waals surface area contributed by atoms with Crippen LogP contribution in [0.4, 0.5) is 0 Å². The van der Waals surface area contributed by atoms with Gasteiger partial charge in [-0.3, -0.25) is 4.79 Å². The number of amides is 1. The number of aromatic nitrogens is 1. The molecule has 0 saturated carbocycles. The van der Waals surface area contributed by atoms with Gasteiger partial charge in [0.25, 0.3) is 5.91 Å². The van der Waals surface area contributed by atoms with E-state index in [9.17, 15) is 4.79 Å². The van der Waals surface area contributed by atoms with E-state index in [1.54, 1.807) is 38.1 Å². The van der Waals surface area contributed by atoms with Gasteiger partial charge in [-0.2, -0.15) is 5.10 Å². The van der Waals surface area contributed by atoms with Crippen LogP contribution in [0, 0.1) is 6.92 Å². The van der Waals surface area contributed by atoms with Gasteiger partial charge >= 0.3 is 0 Å². The van der Waals surface area contributed by atoms with Crippen molar-refractivity contribution in [2.24, 2.45) is 5.10 Å². The molecule has 1 unspecified atom stereocenters. The minimum atomic E-state index is -0.340. The summed E-state index contributed by atoms with van der Waals surface area (Å²) in [5.41, 5.74) is 6.25. The summed E-state index contributed by atoms with van der Waals surface area (Å²) >= 11 is 1.54. The second kappa shape index (κ2) is 12.9. The van der Waals surface area contributed by atoms with Gasteiger partial charge in [0.1, 0.15) is 5.75 Å². The van der Waals surface area contributed by atoms with Gasteiger partial charge in [-0.15, -0.1) is 11.8 Å². The van der Waals surface area contributed by atoms with Crippen molar-refractivity contribution in [3.05, 3.63) is 119 Å². The summed E-state index contributed by atoms with van der Waals surface area (Å²) in [6.07, 6.45) is 2.70. The largest absolute Gasteiger partial charge is 0.497 e. The number of rotatable bonds is 10. The summed E-state index contributed by atoms with van der Waals surface area (Å²) < 4.78 is 19.0. The second-order valence-electron chi connectivity index (χ2n) is 10.7. The molecule has 0 saturated heterocycles. The number of fused-ring (bicyclic) bond motifs is 1. The number of hydrogen-bond donors (Lipinski definition) is 0. The Morgan fingerprint density at radius 3 is 2.45 bits per heavy atom. The molecule has 224 valence electrons. The number of hydrazone groups is 1. The van der Waals surface area contributed by atoms with Gasteiger partial charge in [0.15, 0.2) is 11.5 Å². The molecule has 44 heavy (non-hydrogen) atoms. The molecule has 1 aliphatic heterocycles. The number of aryl methyl sites for hydroxylation is 1. The first-order valence-electron chi connectivity index (χ1n) is 14.5. The number of nitrogens with zero attached hydrogens (tertiary/aromatic N) is 3. The first-order valence-corrected chi connectivity index (χ1v) is 15.5. The topological polar surface area (TPSA) is 65.3 Å². The Balaban J connectivity index is 1.30.